The van der Waals surface area contributed by atoms with Gasteiger partial charge in [-0.3, -0.25) is 4.79 Å². The summed E-state index contributed by atoms with van der Waals surface area (Å²) < 4.78 is 22.0. The van der Waals surface area contributed by atoms with E-state index in [0.29, 0.717) is 41.6 Å². The molecule has 0 saturated heterocycles. The largest absolute Gasteiger partial charge is 0.494 e. The molecule has 8 nitrogen and oxygen atoms in total. The van der Waals surface area contributed by atoms with E-state index in [4.69, 9.17) is 18.9 Å². The maximum absolute atomic E-state index is 12.6. The van der Waals surface area contributed by atoms with Crippen molar-refractivity contribution in [3.63, 3.8) is 0 Å². The average Bonchev–Trinajstić information content (AvgIpc) is 2.86. The topological polar surface area (TPSA) is 95.5 Å². The van der Waals surface area contributed by atoms with Crippen molar-refractivity contribution in [1.82, 2.24) is 5.43 Å². The third-order valence-corrected chi connectivity index (χ3v) is 4.73. The van der Waals surface area contributed by atoms with E-state index >= 15 is 0 Å². The van der Waals surface area contributed by atoms with Gasteiger partial charge in [-0.1, -0.05) is 18.2 Å². The van der Waals surface area contributed by atoms with Crippen LogP contribution in [0.2, 0.25) is 0 Å². The fraction of sp³-hybridized carbons (Fsp3) is 0.222. The van der Waals surface area contributed by atoms with E-state index in [1.807, 2.05) is 39.0 Å². The highest BCUT2D eigenvalue weighted by Gasteiger charge is 2.13. The van der Waals surface area contributed by atoms with Crippen LogP contribution >= 0.6 is 0 Å². The van der Waals surface area contributed by atoms with E-state index in [2.05, 4.69) is 10.5 Å². The molecule has 0 radical (unpaired) electrons. The van der Waals surface area contributed by atoms with Crippen molar-refractivity contribution in [2.45, 2.75) is 20.8 Å². The predicted molar refractivity (Wildman–Crippen MR) is 133 cm³/mol. The lowest BCUT2D eigenvalue weighted by Crippen LogP contribution is -2.24. The van der Waals surface area contributed by atoms with Crippen LogP contribution in [0.5, 0.6) is 23.0 Å². The first kappa shape index (κ1) is 25.3. The van der Waals surface area contributed by atoms with Gasteiger partial charge in [-0.2, -0.15) is 5.10 Å². The quantitative estimate of drug-likeness (QED) is 0.189. The summed E-state index contributed by atoms with van der Waals surface area (Å²) in [6, 6.07) is 19.1. The van der Waals surface area contributed by atoms with Crippen LogP contribution < -0.4 is 24.4 Å². The highest BCUT2D eigenvalue weighted by atomic mass is 16.6. The Morgan fingerprint density at radius 1 is 0.857 bits per heavy atom. The van der Waals surface area contributed by atoms with Gasteiger partial charge in [0.1, 0.15) is 11.5 Å². The number of para-hydroxylation sites is 1. The van der Waals surface area contributed by atoms with Gasteiger partial charge in [-0.25, -0.2) is 10.2 Å². The Kier molecular flexibility index (Phi) is 9.24. The number of carbonyl (C=O) groups excluding carboxylic acids is 2. The van der Waals surface area contributed by atoms with Crippen molar-refractivity contribution < 1.29 is 28.5 Å². The first-order chi connectivity index (χ1) is 17.0. The molecule has 0 bridgehead atoms. The van der Waals surface area contributed by atoms with Gasteiger partial charge in [0.15, 0.2) is 18.1 Å². The Bertz CT molecular complexity index is 1170. The number of hydrazone groups is 1. The van der Waals surface area contributed by atoms with E-state index in [-0.39, 0.29) is 12.4 Å². The molecule has 8 heteroatoms. The first-order valence-electron chi connectivity index (χ1n) is 11.2. The molecule has 0 fully saturated rings. The van der Waals surface area contributed by atoms with Crippen molar-refractivity contribution in [3.8, 4) is 23.0 Å². The van der Waals surface area contributed by atoms with E-state index in [0.717, 1.165) is 5.56 Å². The van der Waals surface area contributed by atoms with E-state index < -0.39 is 11.9 Å². The minimum absolute atomic E-state index is 0.160. The molecule has 0 aliphatic heterocycles. The summed E-state index contributed by atoms with van der Waals surface area (Å²) in [5.74, 6) is 1.06. The van der Waals surface area contributed by atoms with Crippen LogP contribution in [0.1, 0.15) is 35.3 Å². The van der Waals surface area contributed by atoms with Crippen LogP contribution in [0.3, 0.4) is 0 Å². The van der Waals surface area contributed by atoms with Gasteiger partial charge in [0.2, 0.25) is 0 Å². The number of esters is 1. The number of nitrogens with one attached hydrogen (secondary N) is 1. The minimum atomic E-state index is -0.517. The van der Waals surface area contributed by atoms with Gasteiger partial charge in [0.25, 0.3) is 5.91 Å². The van der Waals surface area contributed by atoms with Crippen molar-refractivity contribution in [2.24, 2.45) is 5.10 Å². The molecule has 0 atom stereocenters. The molecule has 0 heterocycles. The van der Waals surface area contributed by atoms with Crippen molar-refractivity contribution >= 4 is 18.1 Å². The summed E-state index contributed by atoms with van der Waals surface area (Å²) in [7, 11) is 0. The van der Waals surface area contributed by atoms with Gasteiger partial charge in [0, 0.05) is 0 Å². The lowest BCUT2D eigenvalue weighted by atomic mass is 10.2. The van der Waals surface area contributed by atoms with Crippen LogP contribution in [0.15, 0.2) is 71.8 Å². The molecule has 0 aliphatic carbocycles. The molecule has 3 rings (SSSR count). The number of ether oxygens (including phenoxy) is 4. The summed E-state index contributed by atoms with van der Waals surface area (Å²) in [6.07, 6.45) is 1.46. The minimum Gasteiger partial charge on any atom is -0.494 e. The molecule has 0 aromatic heterocycles. The standard InChI is InChI=1S/C27H28N2O6/c1-4-32-22-13-11-21(12-14-22)27(31)35-24-15-10-20(16-25(24)33-5-2)17-28-29-26(30)18-34-23-9-7-6-8-19(23)3/h6-17H,4-5,18H2,1-3H3,(H,29,30)/b28-17-. The number of aryl methyl sites for hydroxylation is 1. The maximum atomic E-state index is 12.6. The third-order valence-electron chi connectivity index (χ3n) is 4.73. The summed E-state index contributed by atoms with van der Waals surface area (Å²) >= 11 is 0. The first-order valence-corrected chi connectivity index (χ1v) is 11.2. The maximum Gasteiger partial charge on any atom is 0.343 e. The molecule has 182 valence electrons. The number of hydrogen-bond donors (Lipinski definition) is 1. The lowest BCUT2D eigenvalue weighted by Gasteiger charge is -2.11. The highest BCUT2D eigenvalue weighted by molar-refractivity contribution is 5.92. The van der Waals surface area contributed by atoms with Crippen molar-refractivity contribution in [2.75, 3.05) is 19.8 Å². The molecule has 1 N–H and O–H groups in total. The fourth-order valence-corrected chi connectivity index (χ4v) is 3.04. The van der Waals surface area contributed by atoms with E-state index in [9.17, 15) is 9.59 Å². The number of hydrogen-bond acceptors (Lipinski definition) is 7. The molecular weight excluding hydrogens is 448 g/mol. The smallest absolute Gasteiger partial charge is 0.343 e. The molecule has 3 aromatic carbocycles. The zero-order valence-electron chi connectivity index (χ0n) is 19.9. The van der Waals surface area contributed by atoms with Gasteiger partial charge in [-0.15, -0.1) is 0 Å². The zero-order valence-corrected chi connectivity index (χ0v) is 19.9. The van der Waals surface area contributed by atoms with Gasteiger partial charge in [-0.05, 0) is 80.4 Å². The highest BCUT2D eigenvalue weighted by Crippen LogP contribution is 2.29. The normalized spacial score (nSPS) is 10.6. The number of rotatable bonds is 11. The Labute approximate surface area is 204 Å². The number of carbonyl (C=O) groups is 2. The van der Waals surface area contributed by atoms with E-state index in [1.54, 1.807) is 48.5 Å². The second-order valence-corrected chi connectivity index (χ2v) is 7.33. The number of nitrogens with zero attached hydrogens (tertiary/aromatic N) is 1. The molecule has 0 spiro atoms. The molecule has 1 amide bonds. The Morgan fingerprint density at radius 3 is 2.31 bits per heavy atom. The average molecular weight is 477 g/mol. The molecule has 0 unspecified atom stereocenters. The Balaban J connectivity index is 1.59. The van der Waals surface area contributed by atoms with Crippen LogP contribution in [0.4, 0.5) is 0 Å². The fourth-order valence-electron chi connectivity index (χ4n) is 3.04. The van der Waals surface area contributed by atoms with Crippen LogP contribution in [0.25, 0.3) is 0 Å². The SMILES string of the molecule is CCOc1ccc(C(=O)Oc2ccc(/C=N\NC(=O)COc3ccccc3C)cc2OCC)cc1. The molecule has 0 saturated carbocycles. The summed E-state index contributed by atoms with van der Waals surface area (Å²) in [4.78, 5) is 24.6. The van der Waals surface area contributed by atoms with Gasteiger partial charge >= 0.3 is 5.97 Å². The van der Waals surface area contributed by atoms with Gasteiger partial charge < -0.3 is 18.9 Å². The van der Waals surface area contributed by atoms with Gasteiger partial charge in [0.05, 0.1) is 25.0 Å². The number of benzene rings is 3. The van der Waals surface area contributed by atoms with Crippen LogP contribution in [-0.4, -0.2) is 37.9 Å². The second-order valence-electron chi connectivity index (χ2n) is 7.33. The molecule has 3 aromatic rings. The Hall–Kier alpha value is -4.33. The lowest BCUT2D eigenvalue weighted by molar-refractivity contribution is -0.123. The third kappa shape index (κ3) is 7.60. The Morgan fingerprint density at radius 2 is 1.60 bits per heavy atom. The molecular formula is C27H28N2O6. The van der Waals surface area contributed by atoms with E-state index in [1.165, 1.54) is 6.21 Å². The predicted octanol–water partition coefficient (Wildman–Crippen LogP) is 4.54. The molecule has 0 aliphatic rings. The summed E-state index contributed by atoms with van der Waals surface area (Å²) in [5.41, 5.74) is 4.40. The van der Waals surface area contributed by atoms with Crippen LogP contribution in [0, 0.1) is 6.92 Å². The van der Waals surface area contributed by atoms with Crippen LogP contribution in [-0.2, 0) is 4.79 Å². The second kappa shape index (κ2) is 12.8. The summed E-state index contributed by atoms with van der Waals surface area (Å²) in [6.45, 7) is 6.38. The van der Waals surface area contributed by atoms with Crippen molar-refractivity contribution in [1.29, 1.82) is 0 Å². The van der Waals surface area contributed by atoms with Crippen molar-refractivity contribution in [3.05, 3.63) is 83.4 Å². The zero-order chi connectivity index (χ0) is 25.0. The summed E-state index contributed by atoms with van der Waals surface area (Å²) in [5, 5.41) is 3.96. The monoisotopic (exact) mass is 476 g/mol. The molecule has 35 heavy (non-hydrogen) atoms. The number of amides is 1.